The molecule has 120 valence electrons. The molecule has 7 nitrogen and oxygen atoms in total. The van der Waals surface area contributed by atoms with Crippen molar-refractivity contribution in [2.45, 2.75) is 13.5 Å². The van der Waals surface area contributed by atoms with Crippen molar-refractivity contribution in [3.05, 3.63) is 63.7 Å². The number of nitro groups is 1. The monoisotopic (exact) mass is 317 g/mol. The zero-order valence-corrected chi connectivity index (χ0v) is 12.4. The fraction of sp³-hybridized carbons (Fsp3) is 0.188. The van der Waals surface area contributed by atoms with Crippen LogP contribution >= 0.6 is 0 Å². The van der Waals surface area contributed by atoms with Gasteiger partial charge >= 0.3 is 5.97 Å². The number of carbonyl (C=O) groups is 1. The van der Waals surface area contributed by atoms with Crippen molar-refractivity contribution in [2.75, 3.05) is 6.61 Å². The van der Waals surface area contributed by atoms with E-state index in [0.29, 0.717) is 18.1 Å². The minimum absolute atomic E-state index is 0.00886. The summed E-state index contributed by atoms with van der Waals surface area (Å²) in [6.07, 6.45) is 0. The Morgan fingerprint density at radius 3 is 2.39 bits per heavy atom. The summed E-state index contributed by atoms with van der Waals surface area (Å²) < 4.78 is 11.0. The Labute approximate surface area is 132 Å². The second-order valence-electron chi connectivity index (χ2n) is 4.61. The van der Waals surface area contributed by atoms with Crippen LogP contribution in [0.25, 0.3) is 0 Å². The topological polar surface area (TPSA) is 98.9 Å². The van der Waals surface area contributed by atoms with Crippen molar-refractivity contribution in [3.63, 3.8) is 0 Å². The predicted molar refractivity (Wildman–Crippen MR) is 82.0 cm³/mol. The summed E-state index contributed by atoms with van der Waals surface area (Å²) in [5, 5.41) is 19.6. The van der Waals surface area contributed by atoms with Gasteiger partial charge in [0.2, 0.25) is 0 Å². The van der Waals surface area contributed by atoms with E-state index < -0.39 is 10.9 Å². The van der Waals surface area contributed by atoms with Gasteiger partial charge < -0.3 is 14.6 Å². The molecule has 0 atom stereocenters. The highest BCUT2D eigenvalue weighted by Crippen LogP contribution is 2.29. The van der Waals surface area contributed by atoms with Crippen LogP contribution in [0.2, 0.25) is 0 Å². The lowest BCUT2D eigenvalue weighted by atomic mass is 10.2. The predicted octanol–water partition coefficient (Wildman–Crippen LogP) is 3.27. The van der Waals surface area contributed by atoms with E-state index in [-0.39, 0.29) is 17.9 Å². The molecule has 2 aromatic rings. The SMILES string of the molecule is CCOc1cc(C(=O)O)ccc1OCc1ccc([N+](=O)[O-])cc1. The third-order valence-corrected chi connectivity index (χ3v) is 3.03. The lowest BCUT2D eigenvalue weighted by Crippen LogP contribution is -2.02. The lowest BCUT2D eigenvalue weighted by Gasteiger charge is -2.12. The highest BCUT2D eigenvalue weighted by Gasteiger charge is 2.11. The zero-order valence-electron chi connectivity index (χ0n) is 12.4. The Balaban J connectivity index is 2.12. The van der Waals surface area contributed by atoms with Crippen LogP contribution in [-0.2, 0) is 6.61 Å². The number of rotatable bonds is 7. The summed E-state index contributed by atoms with van der Waals surface area (Å²) in [5.74, 6) is -0.294. The molecule has 0 heterocycles. The third-order valence-electron chi connectivity index (χ3n) is 3.03. The number of hydrogen-bond acceptors (Lipinski definition) is 5. The van der Waals surface area contributed by atoms with E-state index in [4.69, 9.17) is 14.6 Å². The van der Waals surface area contributed by atoms with Gasteiger partial charge in [0.15, 0.2) is 11.5 Å². The number of nitrogens with zero attached hydrogens (tertiary/aromatic N) is 1. The second kappa shape index (κ2) is 7.26. The molecule has 0 saturated carbocycles. The Morgan fingerprint density at radius 1 is 1.13 bits per heavy atom. The van der Waals surface area contributed by atoms with Gasteiger partial charge in [-0.3, -0.25) is 10.1 Å². The molecule has 2 aromatic carbocycles. The number of ether oxygens (including phenoxy) is 2. The first kappa shape index (κ1) is 16.3. The molecule has 0 radical (unpaired) electrons. The van der Waals surface area contributed by atoms with Gasteiger partial charge in [-0.1, -0.05) is 0 Å². The third kappa shape index (κ3) is 4.19. The number of nitro benzene ring substituents is 1. The van der Waals surface area contributed by atoms with Crippen LogP contribution in [0.15, 0.2) is 42.5 Å². The van der Waals surface area contributed by atoms with Gasteiger partial charge in [0.05, 0.1) is 17.1 Å². The number of aromatic carboxylic acids is 1. The lowest BCUT2D eigenvalue weighted by molar-refractivity contribution is -0.384. The number of carboxylic acids is 1. The second-order valence-corrected chi connectivity index (χ2v) is 4.61. The van der Waals surface area contributed by atoms with Crippen LogP contribution in [0.5, 0.6) is 11.5 Å². The van der Waals surface area contributed by atoms with E-state index in [1.54, 1.807) is 19.1 Å². The van der Waals surface area contributed by atoms with Gasteiger partial charge in [0.1, 0.15) is 6.61 Å². The first-order chi connectivity index (χ1) is 11.0. The van der Waals surface area contributed by atoms with Crippen LogP contribution in [0, 0.1) is 10.1 Å². The Hall–Kier alpha value is -3.09. The van der Waals surface area contributed by atoms with Gasteiger partial charge in [-0.15, -0.1) is 0 Å². The number of carboxylic acid groups (broad SMARTS) is 1. The van der Waals surface area contributed by atoms with Crippen molar-refractivity contribution in [3.8, 4) is 11.5 Å². The molecule has 0 aliphatic carbocycles. The Bertz CT molecular complexity index is 711. The van der Waals surface area contributed by atoms with Gasteiger partial charge in [-0.05, 0) is 42.8 Å². The summed E-state index contributed by atoms with van der Waals surface area (Å²) in [6.45, 7) is 2.34. The number of non-ortho nitro benzene ring substituents is 1. The molecule has 0 aliphatic heterocycles. The molecule has 1 N–H and O–H groups in total. The van der Waals surface area contributed by atoms with Gasteiger partial charge in [0.25, 0.3) is 5.69 Å². The van der Waals surface area contributed by atoms with Crippen molar-refractivity contribution in [1.82, 2.24) is 0 Å². The molecular formula is C16H15NO6. The Kier molecular flexibility index (Phi) is 5.14. The molecule has 0 spiro atoms. The van der Waals surface area contributed by atoms with Crippen molar-refractivity contribution in [1.29, 1.82) is 0 Å². The van der Waals surface area contributed by atoms with Gasteiger partial charge in [-0.25, -0.2) is 4.79 Å². The standard InChI is InChI=1S/C16H15NO6/c1-2-22-15-9-12(16(18)19)5-8-14(15)23-10-11-3-6-13(7-4-11)17(20)21/h3-9H,2,10H2,1H3,(H,18,19). The molecule has 0 aromatic heterocycles. The van der Waals surface area contributed by atoms with Crippen LogP contribution in [-0.4, -0.2) is 22.6 Å². The van der Waals surface area contributed by atoms with E-state index >= 15 is 0 Å². The van der Waals surface area contributed by atoms with Gasteiger partial charge in [0, 0.05) is 12.1 Å². The molecule has 0 bridgehead atoms. The average Bonchev–Trinajstić information content (AvgIpc) is 2.54. The van der Waals surface area contributed by atoms with Crippen LogP contribution in [0.4, 0.5) is 5.69 Å². The maximum Gasteiger partial charge on any atom is 0.335 e. The number of benzene rings is 2. The van der Waals surface area contributed by atoms with Crippen LogP contribution < -0.4 is 9.47 Å². The van der Waals surface area contributed by atoms with Crippen LogP contribution in [0.3, 0.4) is 0 Å². The average molecular weight is 317 g/mol. The summed E-state index contributed by atoms with van der Waals surface area (Å²) >= 11 is 0. The van der Waals surface area contributed by atoms with Crippen molar-refractivity contribution < 1.29 is 24.3 Å². The quantitative estimate of drug-likeness (QED) is 0.621. The van der Waals surface area contributed by atoms with E-state index in [0.717, 1.165) is 5.56 Å². The molecule has 0 fully saturated rings. The fourth-order valence-electron chi connectivity index (χ4n) is 1.90. The molecular weight excluding hydrogens is 302 g/mol. The molecule has 0 aliphatic rings. The maximum atomic E-state index is 11.0. The summed E-state index contributed by atoms with van der Waals surface area (Å²) in [5.41, 5.74) is 0.867. The van der Waals surface area contributed by atoms with Gasteiger partial charge in [-0.2, -0.15) is 0 Å². The largest absolute Gasteiger partial charge is 0.490 e. The van der Waals surface area contributed by atoms with Crippen molar-refractivity contribution in [2.24, 2.45) is 0 Å². The smallest absolute Gasteiger partial charge is 0.335 e. The minimum atomic E-state index is -1.05. The molecule has 0 amide bonds. The fourth-order valence-corrected chi connectivity index (χ4v) is 1.90. The summed E-state index contributed by atoms with van der Waals surface area (Å²) in [6, 6.07) is 10.4. The highest BCUT2D eigenvalue weighted by molar-refractivity contribution is 5.88. The molecule has 7 heteroatoms. The zero-order chi connectivity index (χ0) is 16.8. The van der Waals surface area contributed by atoms with Crippen molar-refractivity contribution >= 4 is 11.7 Å². The van der Waals surface area contributed by atoms with Crippen LogP contribution in [0.1, 0.15) is 22.8 Å². The molecule has 0 saturated heterocycles. The first-order valence-corrected chi connectivity index (χ1v) is 6.87. The number of hydrogen-bond donors (Lipinski definition) is 1. The van der Waals surface area contributed by atoms with E-state index in [1.165, 1.54) is 30.3 Å². The Morgan fingerprint density at radius 2 is 1.83 bits per heavy atom. The van der Waals surface area contributed by atoms with E-state index in [2.05, 4.69) is 0 Å². The summed E-state index contributed by atoms with van der Waals surface area (Å²) in [7, 11) is 0. The molecule has 2 rings (SSSR count). The first-order valence-electron chi connectivity index (χ1n) is 6.87. The normalized spacial score (nSPS) is 10.1. The molecule has 23 heavy (non-hydrogen) atoms. The van der Waals surface area contributed by atoms with E-state index in [1.807, 2.05) is 0 Å². The van der Waals surface area contributed by atoms with E-state index in [9.17, 15) is 14.9 Å². The molecule has 0 unspecified atom stereocenters. The minimum Gasteiger partial charge on any atom is -0.490 e. The maximum absolute atomic E-state index is 11.0. The summed E-state index contributed by atoms with van der Waals surface area (Å²) in [4.78, 5) is 21.1. The highest BCUT2D eigenvalue weighted by atomic mass is 16.6.